The minimum Gasteiger partial charge on any atom is -0.444 e. The minimum absolute atomic E-state index is 0.0686. The van der Waals surface area contributed by atoms with Crippen molar-refractivity contribution < 1.29 is 18.7 Å². The number of benzene rings is 1. The van der Waals surface area contributed by atoms with Gasteiger partial charge in [0.05, 0.1) is 17.9 Å². The lowest BCUT2D eigenvalue weighted by molar-refractivity contribution is 0.0183. The quantitative estimate of drug-likeness (QED) is 0.335. The molecule has 1 heterocycles. The van der Waals surface area contributed by atoms with Crippen LogP contribution >= 0.6 is 0 Å². The molecule has 1 aliphatic heterocycles. The molecule has 1 aromatic rings. The van der Waals surface area contributed by atoms with Gasteiger partial charge in [0.2, 0.25) is 0 Å². The molecule has 0 saturated carbocycles. The molecule has 6 heteroatoms. The van der Waals surface area contributed by atoms with Crippen LogP contribution < -0.4 is 5.32 Å². The molecule has 2 rings (SSSR count). The fraction of sp³-hybridized carbons (Fsp3) is 0.654. The van der Waals surface area contributed by atoms with Gasteiger partial charge >= 0.3 is 6.09 Å². The Balaban J connectivity index is 2.29. The van der Waals surface area contributed by atoms with Crippen LogP contribution in [0.5, 0.6) is 0 Å². The van der Waals surface area contributed by atoms with Crippen molar-refractivity contribution in [3.8, 4) is 0 Å². The Labute approximate surface area is 196 Å². The predicted molar refractivity (Wildman–Crippen MR) is 135 cm³/mol. The van der Waals surface area contributed by atoms with E-state index in [2.05, 4.69) is 51.3 Å². The van der Waals surface area contributed by atoms with E-state index in [0.29, 0.717) is 5.69 Å². The number of ether oxygens (including phenoxy) is 2. The first-order chi connectivity index (χ1) is 14.8. The molecule has 1 N–H and O–H groups in total. The van der Waals surface area contributed by atoms with Crippen molar-refractivity contribution >= 4 is 20.1 Å². The maximum absolute atomic E-state index is 12.5. The van der Waals surface area contributed by atoms with Gasteiger partial charge in [-0.05, 0) is 70.7 Å². The Morgan fingerprint density at radius 1 is 1.19 bits per heavy atom. The zero-order valence-electron chi connectivity index (χ0n) is 21.3. The van der Waals surface area contributed by atoms with Crippen molar-refractivity contribution in [1.29, 1.82) is 0 Å². The van der Waals surface area contributed by atoms with Gasteiger partial charge in [-0.3, -0.25) is 5.32 Å². The van der Waals surface area contributed by atoms with Crippen LogP contribution in [-0.4, -0.2) is 32.7 Å². The van der Waals surface area contributed by atoms with Crippen LogP contribution in [0.15, 0.2) is 36.4 Å². The summed E-state index contributed by atoms with van der Waals surface area (Å²) in [5.41, 5.74) is 1.09. The number of hydrogen-bond donors (Lipinski definition) is 1. The molecule has 2 unspecified atom stereocenters. The number of carbonyl (C=O) groups excluding carboxylic acids is 1. The van der Waals surface area contributed by atoms with E-state index in [-0.39, 0.29) is 17.2 Å². The highest BCUT2D eigenvalue weighted by Gasteiger charge is 2.39. The SMILES string of the molecule is CC(C)(C)OC(=O)Nc1ccccc1C(/C=C\CC1CCCCO1)O[Si](C)(C)C(C)(C)C. The van der Waals surface area contributed by atoms with Crippen LogP contribution in [0.2, 0.25) is 18.1 Å². The smallest absolute Gasteiger partial charge is 0.412 e. The predicted octanol–water partition coefficient (Wildman–Crippen LogP) is 7.61. The summed E-state index contributed by atoms with van der Waals surface area (Å²) in [7, 11) is -2.07. The van der Waals surface area contributed by atoms with E-state index < -0.39 is 20.0 Å². The second-order valence-corrected chi connectivity index (χ2v) is 15.9. The summed E-state index contributed by atoms with van der Waals surface area (Å²) in [5, 5.41) is 3.00. The molecule has 0 aliphatic carbocycles. The van der Waals surface area contributed by atoms with E-state index in [1.54, 1.807) is 0 Å². The normalized spacial score (nSPS) is 19.1. The van der Waals surface area contributed by atoms with Crippen molar-refractivity contribution in [2.75, 3.05) is 11.9 Å². The zero-order valence-corrected chi connectivity index (χ0v) is 22.3. The molecule has 1 saturated heterocycles. The highest BCUT2D eigenvalue weighted by molar-refractivity contribution is 6.74. The molecule has 1 amide bonds. The van der Waals surface area contributed by atoms with Gasteiger partial charge in [-0.25, -0.2) is 4.79 Å². The minimum atomic E-state index is -2.07. The summed E-state index contributed by atoms with van der Waals surface area (Å²) in [4.78, 5) is 12.5. The lowest BCUT2D eigenvalue weighted by Crippen LogP contribution is -2.41. The fourth-order valence-corrected chi connectivity index (χ4v) is 4.51. The molecule has 0 aromatic heterocycles. The van der Waals surface area contributed by atoms with Gasteiger partial charge < -0.3 is 13.9 Å². The third-order valence-corrected chi connectivity index (χ3v) is 10.6. The van der Waals surface area contributed by atoms with Crippen LogP contribution in [0, 0.1) is 0 Å². The number of rotatable bonds is 7. The van der Waals surface area contributed by atoms with E-state index in [1.807, 2.05) is 45.0 Å². The van der Waals surface area contributed by atoms with Gasteiger partial charge in [0.25, 0.3) is 0 Å². The number of anilines is 1. The summed E-state index contributed by atoms with van der Waals surface area (Å²) in [6, 6.07) is 7.82. The van der Waals surface area contributed by atoms with Gasteiger partial charge in [0.15, 0.2) is 8.32 Å². The number of nitrogens with one attached hydrogen (secondary N) is 1. The maximum atomic E-state index is 12.5. The topological polar surface area (TPSA) is 56.8 Å². The first-order valence-electron chi connectivity index (χ1n) is 11.8. The maximum Gasteiger partial charge on any atom is 0.412 e. The summed E-state index contributed by atoms with van der Waals surface area (Å²) in [5.74, 6) is 0. The Hall–Kier alpha value is -1.63. The van der Waals surface area contributed by atoms with E-state index in [1.165, 1.54) is 6.42 Å². The number of amides is 1. The van der Waals surface area contributed by atoms with Crippen molar-refractivity contribution in [1.82, 2.24) is 0 Å². The first kappa shape index (κ1) is 26.6. The standard InChI is InChI=1S/C26H43NO4Si/c1-25(2,3)30-24(28)27-22-17-10-9-16-21(22)23(31-32(7,8)26(4,5)6)18-13-15-20-14-11-12-19-29-20/h9-10,13,16-18,20,23H,11-12,14-15,19H2,1-8H3,(H,27,28)/b18-13-. The van der Waals surface area contributed by atoms with Gasteiger partial charge in [-0.1, -0.05) is 51.1 Å². The third kappa shape index (κ3) is 8.37. The molecule has 180 valence electrons. The Morgan fingerprint density at radius 3 is 2.47 bits per heavy atom. The molecule has 1 aromatic carbocycles. The lowest BCUT2D eigenvalue weighted by Gasteiger charge is -2.39. The summed E-state index contributed by atoms with van der Waals surface area (Å²) >= 11 is 0. The molecular formula is C26H43NO4Si. The molecule has 0 radical (unpaired) electrons. The monoisotopic (exact) mass is 461 g/mol. The molecule has 5 nitrogen and oxygen atoms in total. The van der Waals surface area contributed by atoms with Gasteiger partial charge in [0, 0.05) is 12.2 Å². The van der Waals surface area contributed by atoms with Crippen LogP contribution in [0.25, 0.3) is 0 Å². The van der Waals surface area contributed by atoms with E-state index in [0.717, 1.165) is 31.4 Å². The van der Waals surface area contributed by atoms with Crippen LogP contribution in [0.1, 0.15) is 78.9 Å². The van der Waals surface area contributed by atoms with Crippen molar-refractivity contribution in [2.45, 2.75) is 103 Å². The lowest BCUT2D eigenvalue weighted by atomic mass is 10.0. The summed E-state index contributed by atoms with van der Waals surface area (Å²) < 4.78 is 18.2. The molecule has 2 atom stereocenters. The number of carbonyl (C=O) groups is 1. The molecule has 1 aliphatic rings. The van der Waals surface area contributed by atoms with Gasteiger partial charge in [-0.15, -0.1) is 0 Å². The van der Waals surface area contributed by atoms with Gasteiger partial charge in [-0.2, -0.15) is 0 Å². The largest absolute Gasteiger partial charge is 0.444 e. The van der Waals surface area contributed by atoms with Crippen molar-refractivity contribution in [2.24, 2.45) is 0 Å². The zero-order chi connectivity index (χ0) is 24.0. The second-order valence-electron chi connectivity index (χ2n) is 11.2. The Morgan fingerprint density at radius 2 is 1.88 bits per heavy atom. The highest BCUT2D eigenvalue weighted by atomic mass is 28.4. The molecule has 1 fully saturated rings. The van der Waals surface area contributed by atoms with E-state index >= 15 is 0 Å². The Bertz CT molecular complexity index is 771. The molecule has 0 spiro atoms. The Kier molecular flexibility index (Phi) is 9.14. The van der Waals surface area contributed by atoms with Crippen LogP contribution in [-0.2, 0) is 13.9 Å². The number of para-hydroxylation sites is 1. The van der Waals surface area contributed by atoms with Gasteiger partial charge in [0.1, 0.15) is 5.60 Å². The second kappa shape index (κ2) is 11.0. The average molecular weight is 462 g/mol. The van der Waals surface area contributed by atoms with E-state index in [9.17, 15) is 4.79 Å². The molecule has 32 heavy (non-hydrogen) atoms. The molecule has 0 bridgehead atoms. The third-order valence-electron chi connectivity index (χ3n) is 6.11. The van der Waals surface area contributed by atoms with Crippen molar-refractivity contribution in [3.05, 3.63) is 42.0 Å². The summed E-state index contributed by atoms with van der Waals surface area (Å²) in [6.45, 7) is 17.6. The number of hydrogen-bond acceptors (Lipinski definition) is 4. The molecular weight excluding hydrogens is 418 g/mol. The average Bonchev–Trinajstić information content (AvgIpc) is 2.66. The van der Waals surface area contributed by atoms with Crippen LogP contribution in [0.4, 0.5) is 10.5 Å². The van der Waals surface area contributed by atoms with E-state index in [4.69, 9.17) is 13.9 Å². The van der Waals surface area contributed by atoms with Crippen molar-refractivity contribution in [3.63, 3.8) is 0 Å². The highest BCUT2D eigenvalue weighted by Crippen LogP contribution is 2.41. The van der Waals surface area contributed by atoms with Crippen LogP contribution in [0.3, 0.4) is 0 Å². The summed E-state index contributed by atoms with van der Waals surface area (Å²) in [6.07, 6.45) is 8.23. The fourth-order valence-electron chi connectivity index (χ4n) is 3.32. The first-order valence-corrected chi connectivity index (χ1v) is 14.7.